The first-order valence-corrected chi connectivity index (χ1v) is 6.75. The summed E-state index contributed by atoms with van der Waals surface area (Å²) >= 11 is 12.5. The van der Waals surface area contributed by atoms with Crippen LogP contribution in [-0.2, 0) is 6.54 Å². The minimum absolute atomic E-state index is 0.129. The monoisotopic (exact) mass is 285 g/mol. The molecule has 0 saturated carbocycles. The van der Waals surface area contributed by atoms with Gasteiger partial charge in [0.05, 0.1) is 21.4 Å². The number of hydrogen-bond acceptors (Lipinski definition) is 2. The number of likely N-dealkylation sites (N-methyl/N-ethyl adjacent to an activating group) is 1. The Morgan fingerprint density at radius 3 is 2.72 bits per heavy atom. The molecule has 18 heavy (non-hydrogen) atoms. The molecule has 1 heterocycles. The summed E-state index contributed by atoms with van der Waals surface area (Å²) in [7, 11) is 4.09. The lowest BCUT2D eigenvalue weighted by Crippen LogP contribution is -2.19. The fraction of sp³-hybridized carbons (Fsp3) is 0.462. The Balaban J connectivity index is 2.54. The van der Waals surface area contributed by atoms with Crippen LogP contribution in [0, 0.1) is 0 Å². The van der Waals surface area contributed by atoms with Gasteiger partial charge in [-0.3, -0.25) is 0 Å². The molecule has 5 heteroatoms. The van der Waals surface area contributed by atoms with Crippen LogP contribution in [0.1, 0.15) is 18.1 Å². The molecule has 1 aromatic heterocycles. The lowest BCUT2D eigenvalue weighted by Gasteiger charge is -2.14. The van der Waals surface area contributed by atoms with E-state index in [0.29, 0.717) is 0 Å². The third-order valence-electron chi connectivity index (χ3n) is 2.87. The number of fused-ring (bicyclic) bond motifs is 1. The maximum Gasteiger partial charge on any atom is 0.127 e. The highest BCUT2D eigenvalue weighted by atomic mass is 35.5. The summed E-state index contributed by atoms with van der Waals surface area (Å²) in [5.41, 5.74) is 1.88. The minimum Gasteiger partial charge on any atom is -0.324 e. The van der Waals surface area contributed by atoms with Crippen molar-refractivity contribution in [2.24, 2.45) is 0 Å². The van der Waals surface area contributed by atoms with Crippen LogP contribution in [0.4, 0.5) is 0 Å². The second-order valence-electron chi connectivity index (χ2n) is 4.65. The van der Waals surface area contributed by atoms with E-state index in [-0.39, 0.29) is 5.38 Å². The molecule has 0 N–H and O–H groups in total. The highest BCUT2D eigenvalue weighted by Crippen LogP contribution is 2.29. The number of alkyl halides is 1. The Morgan fingerprint density at radius 1 is 1.39 bits per heavy atom. The highest BCUT2D eigenvalue weighted by molar-refractivity contribution is 6.35. The Kier molecular flexibility index (Phi) is 4.15. The van der Waals surface area contributed by atoms with Crippen LogP contribution < -0.4 is 0 Å². The maximum atomic E-state index is 6.28. The van der Waals surface area contributed by atoms with Gasteiger partial charge >= 0.3 is 0 Å². The molecule has 1 atom stereocenters. The number of imidazole rings is 1. The molecule has 2 aromatic rings. The van der Waals surface area contributed by atoms with E-state index in [9.17, 15) is 0 Å². The molecular formula is C13H17Cl2N3. The standard InChI is InChI=1S/C13H17Cl2N3/c1-9(14)13-16-11-6-4-5-10(15)12(11)18(13)8-7-17(2)3/h4-6,9H,7-8H2,1-3H3. The Morgan fingerprint density at radius 2 is 2.11 bits per heavy atom. The molecule has 0 aliphatic heterocycles. The molecule has 2 rings (SSSR count). The average molecular weight is 286 g/mol. The van der Waals surface area contributed by atoms with Crippen molar-refractivity contribution >= 4 is 34.2 Å². The van der Waals surface area contributed by atoms with Crippen LogP contribution in [0.3, 0.4) is 0 Å². The number of hydrogen-bond donors (Lipinski definition) is 0. The number of benzene rings is 1. The van der Waals surface area contributed by atoms with Gasteiger partial charge in [0, 0.05) is 13.1 Å². The van der Waals surface area contributed by atoms with Crippen LogP contribution in [0.25, 0.3) is 11.0 Å². The lowest BCUT2D eigenvalue weighted by molar-refractivity contribution is 0.383. The predicted molar refractivity (Wildman–Crippen MR) is 77.6 cm³/mol. The molecule has 0 aliphatic rings. The zero-order valence-corrected chi connectivity index (χ0v) is 12.3. The summed E-state index contributed by atoms with van der Waals surface area (Å²) in [5, 5.41) is 0.595. The molecule has 0 saturated heterocycles. The van der Waals surface area contributed by atoms with Crippen molar-refractivity contribution in [1.82, 2.24) is 14.5 Å². The summed E-state index contributed by atoms with van der Waals surface area (Å²) in [6.07, 6.45) is 0. The third kappa shape index (κ3) is 2.63. The molecule has 0 amide bonds. The fourth-order valence-corrected chi connectivity index (χ4v) is 2.43. The van der Waals surface area contributed by atoms with E-state index >= 15 is 0 Å². The first kappa shape index (κ1) is 13.7. The molecule has 0 fully saturated rings. The van der Waals surface area contributed by atoms with Crippen LogP contribution in [0.5, 0.6) is 0 Å². The van der Waals surface area contributed by atoms with Gasteiger partial charge in [-0.25, -0.2) is 4.98 Å². The van der Waals surface area contributed by atoms with E-state index in [4.69, 9.17) is 23.2 Å². The van der Waals surface area contributed by atoms with E-state index in [1.807, 2.05) is 39.2 Å². The van der Waals surface area contributed by atoms with Crippen molar-refractivity contribution in [3.05, 3.63) is 29.0 Å². The zero-order chi connectivity index (χ0) is 13.3. The maximum absolute atomic E-state index is 6.28. The quantitative estimate of drug-likeness (QED) is 0.801. The van der Waals surface area contributed by atoms with Crippen molar-refractivity contribution < 1.29 is 0 Å². The van der Waals surface area contributed by atoms with Gasteiger partial charge in [0.2, 0.25) is 0 Å². The van der Waals surface area contributed by atoms with E-state index < -0.39 is 0 Å². The SMILES string of the molecule is CC(Cl)c1nc2cccc(Cl)c2n1CCN(C)C. The molecule has 0 aliphatic carbocycles. The normalized spacial score (nSPS) is 13.4. The number of rotatable bonds is 4. The topological polar surface area (TPSA) is 21.1 Å². The van der Waals surface area contributed by atoms with Crippen molar-refractivity contribution in [3.8, 4) is 0 Å². The van der Waals surface area contributed by atoms with Gasteiger partial charge < -0.3 is 9.47 Å². The Labute approximate surface area is 117 Å². The summed E-state index contributed by atoms with van der Waals surface area (Å²) in [6.45, 7) is 3.69. The number of aromatic nitrogens is 2. The summed E-state index contributed by atoms with van der Waals surface area (Å²) in [4.78, 5) is 6.71. The molecule has 0 spiro atoms. The lowest BCUT2D eigenvalue weighted by atomic mass is 10.3. The molecule has 98 valence electrons. The second-order valence-corrected chi connectivity index (χ2v) is 5.71. The van der Waals surface area contributed by atoms with Crippen LogP contribution in [0.15, 0.2) is 18.2 Å². The van der Waals surface area contributed by atoms with Crippen LogP contribution in [0.2, 0.25) is 5.02 Å². The molecule has 3 nitrogen and oxygen atoms in total. The third-order valence-corrected chi connectivity index (χ3v) is 3.37. The van der Waals surface area contributed by atoms with Gasteiger partial charge in [0.25, 0.3) is 0 Å². The fourth-order valence-electron chi connectivity index (χ4n) is 1.99. The first-order valence-electron chi connectivity index (χ1n) is 5.94. The Hall–Kier alpha value is -0.770. The average Bonchev–Trinajstić information content (AvgIpc) is 2.66. The van der Waals surface area contributed by atoms with Gasteiger partial charge in [-0.05, 0) is 33.2 Å². The smallest absolute Gasteiger partial charge is 0.127 e. The van der Waals surface area contributed by atoms with E-state index in [1.54, 1.807) is 0 Å². The van der Waals surface area contributed by atoms with Crippen molar-refractivity contribution in [2.75, 3.05) is 20.6 Å². The van der Waals surface area contributed by atoms with Crippen molar-refractivity contribution in [1.29, 1.82) is 0 Å². The van der Waals surface area contributed by atoms with Gasteiger partial charge in [0.1, 0.15) is 5.82 Å². The summed E-state index contributed by atoms with van der Waals surface area (Å²) < 4.78 is 2.12. The molecule has 1 aromatic carbocycles. The first-order chi connectivity index (χ1) is 8.50. The van der Waals surface area contributed by atoms with Gasteiger partial charge in [-0.2, -0.15) is 0 Å². The van der Waals surface area contributed by atoms with Crippen molar-refractivity contribution in [3.63, 3.8) is 0 Å². The van der Waals surface area contributed by atoms with Crippen LogP contribution in [-0.4, -0.2) is 35.1 Å². The Bertz CT molecular complexity index is 546. The van der Waals surface area contributed by atoms with Crippen molar-refractivity contribution in [2.45, 2.75) is 18.8 Å². The largest absolute Gasteiger partial charge is 0.324 e. The summed E-state index contributed by atoms with van der Waals surface area (Å²) in [6, 6.07) is 5.77. The molecule has 1 unspecified atom stereocenters. The predicted octanol–water partition coefficient (Wildman–Crippen LogP) is 3.55. The van der Waals surface area contributed by atoms with E-state index in [0.717, 1.165) is 35.0 Å². The second kappa shape index (κ2) is 5.47. The molecular weight excluding hydrogens is 269 g/mol. The van der Waals surface area contributed by atoms with Gasteiger partial charge in [0.15, 0.2) is 0 Å². The molecule has 0 radical (unpaired) electrons. The van der Waals surface area contributed by atoms with E-state index in [1.165, 1.54) is 0 Å². The summed E-state index contributed by atoms with van der Waals surface area (Å²) in [5.74, 6) is 0.876. The van der Waals surface area contributed by atoms with E-state index in [2.05, 4.69) is 14.5 Å². The minimum atomic E-state index is -0.129. The molecule has 0 bridgehead atoms. The van der Waals surface area contributed by atoms with Crippen LogP contribution >= 0.6 is 23.2 Å². The number of nitrogens with zero attached hydrogens (tertiary/aromatic N) is 3. The number of halogens is 2. The van der Waals surface area contributed by atoms with Gasteiger partial charge in [-0.1, -0.05) is 17.7 Å². The number of para-hydroxylation sites is 1. The zero-order valence-electron chi connectivity index (χ0n) is 10.8. The highest BCUT2D eigenvalue weighted by Gasteiger charge is 2.16. The van der Waals surface area contributed by atoms with Gasteiger partial charge in [-0.15, -0.1) is 11.6 Å².